The van der Waals surface area contributed by atoms with Crippen molar-refractivity contribution in [3.8, 4) is 0 Å². The van der Waals surface area contributed by atoms with Crippen molar-refractivity contribution in [1.29, 1.82) is 0 Å². The van der Waals surface area contributed by atoms with Crippen LogP contribution in [-0.2, 0) is 6.18 Å². The predicted octanol–water partition coefficient (Wildman–Crippen LogP) is 2.50. The highest BCUT2D eigenvalue weighted by Crippen LogP contribution is 2.46. The van der Waals surface area contributed by atoms with E-state index in [4.69, 9.17) is 0 Å². The number of halogens is 3. The highest BCUT2D eigenvalue weighted by Gasteiger charge is 2.48. The molecule has 0 aliphatic carbocycles. The van der Waals surface area contributed by atoms with Crippen LogP contribution in [-0.4, -0.2) is 40.7 Å². The third kappa shape index (κ3) is 2.63. The molecular weight excluding hydrogens is 299 g/mol. The van der Waals surface area contributed by atoms with Crippen LogP contribution >= 0.6 is 0 Å². The average Bonchev–Trinajstić information content (AvgIpc) is 3.06. The van der Waals surface area contributed by atoms with E-state index < -0.39 is 24.0 Å². The summed E-state index contributed by atoms with van der Waals surface area (Å²) in [7, 11) is 0. The number of nitrogens with one attached hydrogen (secondary N) is 1. The van der Waals surface area contributed by atoms with Gasteiger partial charge in [0.1, 0.15) is 5.69 Å². The Labute approximate surface area is 125 Å². The number of carboxylic acid groups (broad SMARTS) is 1. The maximum Gasteiger partial charge on any atom is 0.433 e. The minimum absolute atomic E-state index is 0.119. The van der Waals surface area contributed by atoms with Crippen molar-refractivity contribution in [2.75, 3.05) is 19.6 Å². The summed E-state index contributed by atoms with van der Waals surface area (Å²) in [4.78, 5) is 16.2. The number of hydrogen-bond acceptors (Lipinski definition) is 3. The van der Waals surface area contributed by atoms with E-state index in [9.17, 15) is 23.1 Å². The normalized spacial score (nSPS) is 28.5. The lowest BCUT2D eigenvalue weighted by atomic mass is 9.84. The van der Waals surface area contributed by atoms with Crippen molar-refractivity contribution in [2.24, 2.45) is 5.41 Å². The molecule has 0 bridgehead atoms. The van der Waals surface area contributed by atoms with Crippen molar-refractivity contribution < 1.29 is 23.1 Å². The zero-order valence-corrected chi connectivity index (χ0v) is 11.7. The van der Waals surface area contributed by atoms with Crippen LogP contribution in [0.3, 0.4) is 0 Å². The first kappa shape index (κ1) is 15.1. The van der Waals surface area contributed by atoms with Crippen molar-refractivity contribution in [3.63, 3.8) is 0 Å². The minimum Gasteiger partial charge on any atom is -0.465 e. The molecule has 1 spiro atoms. The van der Waals surface area contributed by atoms with Gasteiger partial charge in [0.05, 0.1) is 6.04 Å². The van der Waals surface area contributed by atoms with Crippen molar-refractivity contribution in [2.45, 2.75) is 25.1 Å². The Morgan fingerprint density at radius 2 is 2.23 bits per heavy atom. The van der Waals surface area contributed by atoms with Crippen LogP contribution in [0.1, 0.15) is 30.1 Å². The van der Waals surface area contributed by atoms with Gasteiger partial charge in [0, 0.05) is 24.7 Å². The molecule has 120 valence electrons. The zero-order chi connectivity index (χ0) is 16.0. The number of nitrogens with zero attached hydrogens (tertiary/aromatic N) is 2. The Morgan fingerprint density at radius 3 is 2.73 bits per heavy atom. The van der Waals surface area contributed by atoms with Crippen molar-refractivity contribution >= 4 is 6.09 Å². The van der Waals surface area contributed by atoms with E-state index in [1.807, 2.05) is 0 Å². The van der Waals surface area contributed by atoms with E-state index in [0.29, 0.717) is 18.5 Å². The minimum atomic E-state index is -4.49. The number of hydrogen-bond donors (Lipinski definition) is 2. The van der Waals surface area contributed by atoms with Crippen molar-refractivity contribution in [1.82, 2.24) is 15.2 Å². The summed E-state index contributed by atoms with van der Waals surface area (Å²) < 4.78 is 37.7. The summed E-state index contributed by atoms with van der Waals surface area (Å²) in [5, 5.41) is 12.6. The smallest absolute Gasteiger partial charge is 0.433 e. The van der Waals surface area contributed by atoms with E-state index in [1.165, 1.54) is 11.0 Å². The van der Waals surface area contributed by atoms with E-state index in [0.717, 1.165) is 31.8 Å². The topological polar surface area (TPSA) is 65.5 Å². The van der Waals surface area contributed by atoms with Crippen LogP contribution in [0.15, 0.2) is 18.3 Å². The number of aromatic nitrogens is 1. The number of amides is 1. The highest BCUT2D eigenvalue weighted by atomic mass is 19.4. The fourth-order valence-corrected chi connectivity index (χ4v) is 3.43. The zero-order valence-electron chi connectivity index (χ0n) is 11.7. The maximum atomic E-state index is 12.6. The molecule has 1 aromatic rings. The molecule has 2 atom stereocenters. The molecule has 2 fully saturated rings. The predicted molar refractivity (Wildman–Crippen MR) is 71.2 cm³/mol. The quantitative estimate of drug-likeness (QED) is 0.836. The first-order valence-corrected chi connectivity index (χ1v) is 7.04. The molecule has 0 radical (unpaired) electrons. The Hall–Kier alpha value is -1.83. The standard InChI is InChI=1S/C14H16F3N3O2/c15-14(16,17)11-2-1-9(6-19-11)10-5-13(3-4-18-7-13)8-20(10)12(21)22/h1-2,6,10,18H,3-5,7-8H2,(H,21,22). The van der Waals surface area contributed by atoms with Crippen LogP contribution in [0.5, 0.6) is 0 Å². The van der Waals surface area contributed by atoms with Gasteiger partial charge in [0.2, 0.25) is 0 Å². The summed E-state index contributed by atoms with van der Waals surface area (Å²) in [5.41, 5.74) is -0.571. The molecule has 2 aliphatic heterocycles. The monoisotopic (exact) mass is 315 g/mol. The van der Waals surface area contributed by atoms with Crippen LogP contribution in [0.4, 0.5) is 18.0 Å². The van der Waals surface area contributed by atoms with E-state index in [2.05, 4.69) is 10.3 Å². The number of carbonyl (C=O) groups is 1. The molecular formula is C14H16F3N3O2. The molecule has 2 N–H and O–H groups in total. The van der Waals surface area contributed by atoms with Gasteiger partial charge in [-0.3, -0.25) is 4.98 Å². The molecule has 0 aromatic carbocycles. The Balaban J connectivity index is 1.87. The van der Waals surface area contributed by atoms with Gasteiger partial charge < -0.3 is 15.3 Å². The third-order valence-electron chi connectivity index (χ3n) is 4.55. The summed E-state index contributed by atoms with van der Waals surface area (Å²) in [5.74, 6) is 0. The van der Waals surface area contributed by atoms with E-state index in [1.54, 1.807) is 0 Å². The van der Waals surface area contributed by atoms with Crippen molar-refractivity contribution in [3.05, 3.63) is 29.6 Å². The second kappa shape index (κ2) is 5.12. The van der Waals surface area contributed by atoms with Gasteiger partial charge in [-0.15, -0.1) is 0 Å². The van der Waals surface area contributed by atoms with E-state index in [-0.39, 0.29) is 5.41 Å². The average molecular weight is 315 g/mol. The molecule has 2 saturated heterocycles. The number of likely N-dealkylation sites (tertiary alicyclic amines) is 1. The molecule has 1 aromatic heterocycles. The molecule has 3 rings (SSSR count). The lowest BCUT2D eigenvalue weighted by Gasteiger charge is -2.22. The Kier molecular flexibility index (Phi) is 3.51. The fraction of sp³-hybridized carbons (Fsp3) is 0.571. The number of alkyl halides is 3. The molecule has 3 heterocycles. The summed E-state index contributed by atoms with van der Waals surface area (Å²) >= 11 is 0. The van der Waals surface area contributed by atoms with Gasteiger partial charge in [-0.25, -0.2) is 4.79 Å². The summed E-state index contributed by atoms with van der Waals surface area (Å²) in [6.07, 6.45) is -2.91. The third-order valence-corrected chi connectivity index (χ3v) is 4.55. The summed E-state index contributed by atoms with van der Waals surface area (Å²) in [6, 6.07) is 1.80. The second-order valence-electron chi connectivity index (χ2n) is 6.03. The molecule has 1 amide bonds. The number of rotatable bonds is 1. The van der Waals surface area contributed by atoms with Crippen LogP contribution in [0, 0.1) is 5.41 Å². The number of pyridine rings is 1. The molecule has 2 aliphatic rings. The van der Waals surface area contributed by atoms with Crippen LogP contribution < -0.4 is 5.32 Å². The first-order chi connectivity index (χ1) is 10.3. The fourth-order valence-electron chi connectivity index (χ4n) is 3.43. The van der Waals surface area contributed by atoms with E-state index >= 15 is 0 Å². The lowest BCUT2D eigenvalue weighted by molar-refractivity contribution is -0.141. The molecule has 0 saturated carbocycles. The van der Waals surface area contributed by atoms with Crippen LogP contribution in [0.2, 0.25) is 0 Å². The SMILES string of the molecule is O=C(O)N1CC2(CCNC2)CC1c1ccc(C(F)(F)F)nc1. The van der Waals surface area contributed by atoms with Gasteiger partial charge in [0.15, 0.2) is 0 Å². The first-order valence-electron chi connectivity index (χ1n) is 7.04. The van der Waals surface area contributed by atoms with Gasteiger partial charge in [-0.05, 0) is 31.0 Å². The molecule has 8 heteroatoms. The second-order valence-corrected chi connectivity index (χ2v) is 6.03. The van der Waals surface area contributed by atoms with Gasteiger partial charge >= 0.3 is 12.3 Å². The molecule has 2 unspecified atom stereocenters. The van der Waals surface area contributed by atoms with Gasteiger partial charge in [-0.2, -0.15) is 13.2 Å². The largest absolute Gasteiger partial charge is 0.465 e. The van der Waals surface area contributed by atoms with Crippen LogP contribution in [0.25, 0.3) is 0 Å². The Morgan fingerprint density at radius 1 is 1.45 bits per heavy atom. The summed E-state index contributed by atoms with van der Waals surface area (Å²) in [6.45, 7) is 1.98. The molecule has 5 nitrogen and oxygen atoms in total. The molecule has 22 heavy (non-hydrogen) atoms. The maximum absolute atomic E-state index is 12.6. The van der Waals surface area contributed by atoms with Gasteiger partial charge in [-0.1, -0.05) is 6.07 Å². The van der Waals surface area contributed by atoms with Gasteiger partial charge in [0.25, 0.3) is 0 Å². The Bertz CT molecular complexity index is 568. The highest BCUT2D eigenvalue weighted by molar-refractivity contribution is 5.66. The lowest BCUT2D eigenvalue weighted by Crippen LogP contribution is -2.33.